The van der Waals surface area contributed by atoms with Crippen molar-refractivity contribution in [3.05, 3.63) is 82.9 Å². The summed E-state index contributed by atoms with van der Waals surface area (Å²) in [6, 6.07) is 18.7. The van der Waals surface area contributed by atoms with Gasteiger partial charge in [-0.15, -0.1) is 0 Å². The molecule has 2 N–H and O–H groups in total. The predicted molar refractivity (Wildman–Crippen MR) is 108 cm³/mol. The van der Waals surface area contributed by atoms with E-state index >= 15 is 0 Å². The van der Waals surface area contributed by atoms with E-state index in [9.17, 15) is 9.90 Å². The van der Waals surface area contributed by atoms with E-state index in [1.54, 1.807) is 13.2 Å². The summed E-state index contributed by atoms with van der Waals surface area (Å²) in [7, 11) is 1.60. The van der Waals surface area contributed by atoms with Crippen molar-refractivity contribution in [1.82, 2.24) is 5.43 Å². The van der Waals surface area contributed by atoms with Crippen molar-refractivity contribution in [3.63, 3.8) is 0 Å². The molecule has 0 aliphatic carbocycles. The third kappa shape index (κ3) is 5.02. The molecule has 6 nitrogen and oxygen atoms in total. The number of phenols is 1. The quantitative estimate of drug-likeness (QED) is 0.471. The van der Waals surface area contributed by atoms with Crippen LogP contribution < -0.4 is 14.9 Å². The van der Waals surface area contributed by atoms with Gasteiger partial charge in [0.1, 0.15) is 23.0 Å². The Morgan fingerprint density at radius 1 is 1.04 bits per heavy atom. The molecule has 0 saturated heterocycles. The number of carbonyl (C=O) groups excluding carboxylic acids is 1. The average molecular weight is 397 g/mol. The molecule has 3 rings (SSSR count). The molecule has 0 spiro atoms. The monoisotopic (exact) mass is 396 g/mol. The van der Waals surface area contributed by atoms with Gasteiger partial charge in [-0.25, -0.2) is 5.43 Å². The Morgan fingerprint density at radius 3 is 2.50 bits per heavy atom. The zero-order chi connectivity index (χ0) is 19.9. The van der Waals surface area contributed by atoms with Crippen LogP contribution in [0.3, 0.4) is 0 Å². The minimum Gasteiger partial charge on any atom is -0.506 e. The van der Waals surface area contributed by atoms with Gasteiger partial charge >= 0.3 is 0 Å². The van der Waals surface area contributed by atoms with Gasteiger partial charge in [0, 0.05) is 5.56 Å². The maximum Gasteiger partial charge on any atom is 0.271 e. The summed E-state index contributed by atoms with van der Waals surface area (Å²) >= 11 is 5.80. The number of hydrazone groups is 1. The molecule has 3 aromatic rings. The highest BCUT2D eigenvalue weighted by molar-refractivity contribution is 6.32. The molecule has 0 saturated carbocycles. The Balaban J connectivity index is 1.63. The van der Waals surface area contributed by atoms with Crippen LogP contribution in [0.2, 0.25) is 5.02 Å². The van der Waals surface area contributed by atoms with E-state index in [0.29, 0.717) is 11.5 Å². The summed E-state index contributed by atoms with van der Waals surface area (Å²) in [6.07, 6.45) is 1.50. The molecule has 3 aromatic carbocycles. The Labute approximate surface area is 167 Å². The highest BCUT2D eigenvalue weighted by Gasteiger charge is 2.07. The number of nitrogens with one attached hydrogen (secondary N) is 1. The number of phenolic OH excluding ortho intramolecular Hbond substituents is 1. The molecule has 0 aliphatic rings. The molecule has 0 heterocycles. The smallest absolute Gasteiger partial charge is 0.271 e. The predicted octanol–water partition coefficient (Wildman–Crippen LogP) is 4.61. The number of benzene rings is 3. The number of halogens is 1. The van der Waals surface area contributed by atoms with Crippen LogP contribution in [-0.4, -0.2) is 24.3 Å². The van der Waals surface area contributed by atoms with Gasteiger partial charge in [0.2, 0.25) is 0 Å². The lowest BCUT2D eigenvalue weighted by atomic mass is 10.2. The van der Waals surface area contributed by atoms with Crippen LogP contribution in [-0.2, 0) is 0 Å². The normalized spacial score (nSPS) is 10.6. The van der Waals surface area contributed by atoms with Crippen LogP contribution in [0.1, 0.15) is 15.9 Å². The molecule has 0 aliphatic heterocycles. The molecular formula is C21H17ClN2O4. The molecule has 0 radical (unpaired) electrons. The second-order valence-corrected chi connectivity index (χ2v) is 6.12. The number of hydrogen-bond donors (Lipinski definition) is 2. The lowest BCUT2D eigenvalue weighted by molar-refractivity contribution is 0.0955. The first-order valence-corrected chi connectivity index (χ1v) is 8.67. The molecule has 0 aromatic heterocycles. The topological polar surface area (TPSA) is 80.2 Å². The van der Waals surface area contributed by atoms with Gasteiger partial charge in [0.05, 0.1) is 18.3 Å². The van der Waals surface area contributed by atoms with Crippen LogP contribution in [0.4, 0.5) is 0 Å². The minimum absolute atomic E-state index is 0.0876. The fraction of sp³-hybridized carbons (Fsp3) is 0.0476. The van der Waals surface area contributed by atoms with Crippen LogP contribution in [0.5, 0.6) is 23.0 Å². The number of rotatable bonds is 6. The van der Waals surface area contributed by atoms with Gasteiger partial charge in [0.25, 0.3) is 5.91 Å². The molecule has 0 fully saturated rings. The van der Waals surface area contributed by atoms with E-state index in [4.69, 9.17) is 21.1 Å². The lowest BCUT2D eigenvalue weighted by Gasteiger charge is -2.07. The summed E-state index contributed by atoms with van der Waals surface area (Å²) in [4.78, 5) is 12.1. The minimum atomic E-state index is -0.441. The molecule has 28 heavy (non-hydrogen) atoms. The van der Waals surface area contributed by atoms with Gasteiger partial charge in [-0.05, 0) is 60.2 Å². The summed E-state index contributed by atoms with van der Waals surface area (Å²) in [5, 5.41) is 13.4. The molecule has 7 heteroatoms. The molecule has 1 amide bonds. The number of aromatic hydroxyl groups is 1. The van der Waals surface area contributed by atoms with E-state index in [0.717, 1.165) is 11.3 Å². The Bertz CT molecular complexity index is 1000. The van der Waals surface area contributed by atoms with E-state index < -0.39 is 5.91 Å². The van der Waals surface area contributed by atoms with Crippen molar-refractivity contribution in [2.45, 2.75) is 0 Å². The largest absolute Gasteiger partial charge is 0.506 e. The van der Waals surface area contributed by atoms with E-state index in [1.165, 1.54) is 24.4 Å². The maximum atomic E-state index is 12.1. The van der Waals surface area contributed by atoms with Gasteiger partial charge in [-0.3, -0.25) is 4.79 Å². The van der Waals surface area contributed by atoms with Crippen LogP contribution >= 0.6 is 11.6 Å². The fourth-order valence-corrected chi connectivity index (χ4v) is 2.50. The molecule has 0 unspecified atom stereocenters. The van der Waals surface area contributed by atoms with Gasteiger partial charge in [-0.1, -0.05) is 23.7 Å². The van der Waals surface area contributed by atoms with Crippen molar-refractivity contribution >= 4 is 23.7 Å². The standard InChI is InChI=1S/C21H17ClN2O4/c1-27-16-6-8-17(9-7-16)28-18-4-2-3-14(11-18)13-23-24-21(26)15-5-10-20(25)19(22)12-15/h2-13,25H,1H3,(H,24,26)/b23-13+. The Hall–Kier alpha value is -3.51. The number of amides is 1. The zero-order valence-electron chi connectivity index (χ0n) is 14.9. The van der Waals surface area contributed by atoms with Crippen molar-refractivity contribution in [2.24, 2.45) is 5.10 Å². The van der Waals surface area contributed by atoms with Gasteiger partial charge in [0.15, 0.2) is 0 Å². The third-order valence-electron chi connectivity index (χ3n) is 3.74. The number of methoxy groups -OCH3 is 1. The van der Waals surface area contributed by atoms with Gasteiger partial charge < -0.3 is 14.6 Å². The maximum absolute atomic E-state index is 12.1. The van der Waals surface area contributed by atoms with Crippen molar-refractivity contribution in [3.8, 4) is 23.0 Å². The van der Waals surface area contributed by atoms with Gasteiger partial charge in [-0.2, -0.15) is 5.10 Å². The number of hydrogen-bond acceptors (Lipinski definition) is 5. The fourth-order valence-electron chi connectivity index (χ4n) is 2.32. The Kier molecular flexibility index (Phi) is 6.14. The lowest BCUT2D eigenvalue weighted by Crippen LogP contribution is -2.17. The van der Waals surface area contributed by atoms with E-state index in [2.05, 4.69) is 10.5 Å². The summed E-state index contributed by atoms with van der Waals surface area (Å²) in [5.74, 6) is 1.52. The molecule has 142 valence electrons. The van der Waals surface area contributed by atoms with Crippen molar-refractivity contribution in [1.29, 1.82) is 0 Å². The Morgan fingerprint density at radius 2 is 1.79 bits per heavy atom. The SMILES string of the molecule is COc1ccc(Oc2cccc(/C=N/NC(=O)c3ccc(O)c(Cl)c3)c2)cc1. The van der Waals surface area contributed by atoms with Crippen LogP contribution in [0, 0.1) is 0 Å². The first-order chi connectivity index (χ1) is 13.5. The number of nitrogens with zero attached hydrogens (tertiary/aromatic N) is 1. The summed E-state index contributed by atoms with van der Waals surface area (Å²) in [6.45, 7) is 0. The zero-order valence-corrected chi connectivity index (χ0v) is 15.7. The number of carbonyl (C=O) groups is 1. The van der Waals surface area contributed by atoms with Crippen LogP contribution in [0.15, 0.2) is 71.8 Å². The number of ether oxygens (including phenoxy) is 2. The molecule has 0 bridgehead atoms. The highest BCUT2D eigenvalue weighted by atomic mass is 35.5. The first kappa shape index (κ1) is 19.3. The van der Waals surface area contributed by atoms with Crippen LogP contribution in [0.25, 0.3) is 0 Å². The molecular weight excluding hydrogens is 380 g/mol. The van der Waals surface area contributed by atoms with E-state index in [-0.39, 0.29) is 16.3 Å². The first-order valence-electron chi connectivity index (χ1n) is 8.29. The third-order valence-corrected chi connectivity index (χ3v) is 4.05. The van der Waals surface area contributed by atoms with Crippen molar-refractivity contribution < 1.29 is 19.4 Å². The summed E-state index contributed by atoms with van der Waals surface area (Å²) < 4.78 is 10.9. The summed E-state index contributed by atoms with van der Waals surface area (Å²) in [5.41, 5.74) is 3.45. The second-order valence-electron chi connectivity index (χ2n) is 5.72. The molecule has 0 atom stereocenters. The second kappa shape index (κ2) is 8.92. The van der Waals surface area contributed by atoms with Crippen molar-refractivity contribution in [2.75, 3.05) is 7.11 Å². The average Bonchev–Trinajstić information content (AvgIpc) is 2.71. The van der Waals surface area contributed by atoms with E-state index in [1.807, 2.05) is 42.5 Å². The highest BCUT2D eigenvalue weighted by Crippen LogP contribution is 2.25.